The molecular formula is C11H9F2NO. The molecule has 0 saturated heterocycles. The van der Waals surface area contributed by atoms with Gasteiger partial charge in [-0.15, -0.1) is 0 Å². The summed E-state index contributed by atoms with van der Waals surface area (Å²) in [4.78, 5) is 13.9. The highest BCUT2D eigenvalue weighted by Gasteiger charge is 2.45. The molecule has 0 radical (unpaired) electrons. The van der Waals surface area contributed by atoms with Crippen LogP contribution >= 0.6 is 0 Å². The number of aliphatic imine (C=N–C) groups is 1. The predicted molar refractivity (Wildman–Crippen MR) is 50.1 cm³/mol. The van der Waals surface area contributed by atoms with E-state index in [0.29, 0.717) is 18.4 Å². The first-order chi connectivity index (χ1) is 7.09. The van der Waals surface area contributed by atoms with Crippen molar-refractivity contribution in [1.82, 2.24) is 0 Å². The summed E-state index contributed by atoms with van der Waals surface area (Å²) in [5.74, 6) is -1.73. The molecule has 0 aliphatic heterocycles. The summed E-state index contributed by atoms with van der Waals surface area (Å²) in [6.45, 7) is 1.49. The molecule has 0 atom stereocenters. The van der Waals surface area contributed by atoms with Gasteiger partial charge in [0.25, 0.3) is 0 Å². The molecule has 1 aliphatic rings. The van der Waals surface area contributed by atoms with Crippen molar-refractivity contribution in [2.75, 3.05) is 0 Å². The van der Waals surface area contributed by atoms with Crippen molar-refractivity contribution in [2.45, 2.75) is 25.3 Å². The molecular weight excluding hydrogens is 200 g/mol. The van der Waals surface area contributed by atoms with E-state index in [1.807, 2.05) is 0 Å². The Labute approximate surface area is 85.6 Å². The van der Waals surface area contributed by atoms with Crippen LogP contribution in [0, 0.1) is 18.6 Å². The number of isocyanates is 1. The number of benzene rings is 1. The number of hydrogen-bond donors (Lipinski definition) is 0. The summed E-state index contributed by atoms with van der Waals surface area (Å²) in [5, 5.41) is 0. The third kappa shape index (κ3) is 1.57. The van der Waals surface area contributed by atoms with Gasteiger partial charge in [0.15, 0.2) is 11.6 Å². The van der Waals surface area contributed by atoms with Gasteiger partial charge in [0.05, 0.1) is 5.54 Å². The smallest absolute Gasteiger partial charge is 0.211 e. The first-order valence-corrected chi connectivity index (χ1v) is 4.64. The van der Waals surface area contributed by atoms with Gasteiger partial charge in [-0.1, -0.05) is 6.07 Å². The minimum absolute atomic E-state index is 0.234. The summed E-state index contributed by atoms with van der Waals surface area (Å²) in [6, 6.07) is 2.64. The van der Waals surface area contributed by atoms with Crippen LogP contribution in [0.15, 0.2) is 17.1 Å². The van der Waals surface area contributed by atoms with Gasteiger partial charge in [-0.3, -0.25) is 0 Å². The summed E-state index contributed by atoms with van der Waals surface area (Å²) in [6.07, 6.45) is 2.86. The Hall–Kier alpha value is -1.54. The van der Waals surface area contributed by atoms with Crippen LogP contribution in [0.25, 0.3) is 0 Å². The molecule has 1 aliphatic carbocycles. The van der Waals surface area contributed by atoms with Crippen molar-refractivity contribution >= 4 is 6.08 Å². The molecule has 0 amide bonds. The van der Waals surface area contributed by atoms with Gasteiger partial charge in [-0.25, -0.2) is 13.6 Å². The van der Waals surface area contributed by atoms with Gasteiger partial charge in [0.2, 0.25) is 6.08 Å². The summed E-state index contributed by atoms with van der Waals surface area (Å²) in [5.41, 5.74) is 0.153. The van der Waals surface area contributed by atoms with Crippen LogP contribution in [0.3, 0.4) is 0 Å². The van der Waals surface area contributed by atoms with Crippen molar-refractivity contribution in [3.63, 3.8) is 0 Å². The Balaban J connectivity index is 2.51. The van der Waals surface area contributed by atoms with E-state index in [0.717, 1.165) is 6.07 Å². The highest BCUT2D eigenvalue weighted by atomic mass is 19.2. The Kier molecular flexibility index (Phi) is 2.16. The fourth-order valence-corrected chi connectivity index (χ4v) is 1.67. The minimum Gasteiger partial charge on any atom is -0.211 e. The molecule has 1 aromatic carbocycles. The molecule has 0 heterocycles. The van der Waals surface area contributed by atoms with E-state index in [4.69, 9.17) is 0 Å². The molecule has 0 spiro atoms. The molecule has 2 rings (SSSR count). The number of rotatable bonds is 2. The average Bonchev–Trinajstić information content (AvgIpc) is 2.95. The lowest BCUT2D eigenvalue weighted by Gasteiger charge is -2.09. The topological polar surface area (TPSA) is 29.4 Å². The molecule has 2 nitrogen and oxygen atoms in total. The van der Waals surface area contributed by atoms with E-state index in [2.05, 4.69) is 4.99 Å². The molecule has 0 N–H and O–H groups in total. The van der Waals surface area contributed by atoms with E-state index in [9.17, 15) is 13.6 Å². The Morgan fingerprint density at radius 3 is 2.53 bits per heavy atom. The van der Waals surface area contributed by atoms with Crippen LogP contribution in [-0.2, 0) is 10.3 Å². The predicted octanol–water partition coefficient (Wildman–Crippen LogP) is 2.60. The quantitative estimate of drug-likeness (QED) is 0.543. The van der Waals surface area contributed by atoms with E-state index in [1.165, 1.54) is 19.1 Å². The molecule has 0 unspecified atom stereocenters. The number of aryl methyl sites for hydroxylation is 1. The van der Waals surface area contributed by atoms with Crippen LogP contribution < -0.4 is 0 Å². The van der Waals surface area contributed by atoms with Gasteiger partial charge < -0.3 is 0 Å². The molecule has 1 saturated carbocycles. The molecule has 1 aromatic rings. The number of hydrogen-bond acceptors (Lipinski definition) is 2. The highest BCUT2D eigenvalue weighted by Crippen LogP contribution is 2.49. The lowest BCUT2D eigenvalue weighted by molar-refractivity contribution is 0.498. The van der Waals surface area contributed by atoms with Gasteiger partial charge in [0, 0.05) is 0 Å². The van der Waals surface area contributed by atoms with Crippen LogP contribution in [0.1, 0.15) is 24.0 Å². The number of nitrogens with zero attached hydrogens (tertiary/aromatic N) is 1. The molecule has 78 valence electrons. The monoisotopic (exact) mass is 209 g/mol. The first kappa shape index (κ1) is 9.99. The lowest BCUT2D eigenvalue weighted by atomic mass is 10.0. The SMILES string of the molecule is Cc1cc(C2(N=C=O)CC2)cc(F)c1F. The second-order valence-corrected chi connectivity index (χ2v) is 3.82. The van der Waals surface area contributed by atoms with E-state index in [-0.39, 0.29) is 5.56 Å². The Bertz CT molecular complexity index is 437. The van der Waals surface area contributed by atoms with Gasteiger partial charge >= 0.3 is 0 Å². The van der Waals surface area contributed by atoms with Gasteiger partial charge in [-0.05, 0) is 37.0 Å². The fourth-order valence-electron chi connectivity index (χ4n) is 1.67. The van der Waals surface area contributed by atoms with E-state index < -0.39 is 17.2 Å². The van der Waals surface area contributed by atoms with Crippen molar-refractivity contribution in [3.8, 4) is 0 Å². The Morgan fingerprint density at radius 1 is 1.40 bits per heavy atom. The molecule has 0 bridgehead atoms. The maximum atomic E-state index is 13.1. The largest absolute Gasteiger partial charge is 0.235 e. The lowest BCUT2D eigenvalue weighted by Crippen LogP contribution is -2.05. The zero-order valence-corrected chi connectivity index (χ0v) is 8.18. The van der Waals surface area contributed by atoms with Crippen LogP contribution in [0.4, 0.5) is 8.78 Å². The molecule has 4 heteroatoms. The second kappa shape index (κ2) is 3.24. The Morgan fingerprint density at radius 2 is 2.07 bits per heavy atom. The number of halogens is 2. The van der Waals surface area contributed by atoms with Crippen LogP contribution in [-0.4, -0.2) is 6.08 Å². The average molecular weight is 209 g/mol. The summed E-state index contributed by atoms with van der Waals surface area (Å²) < 4.78 is 26.1. The maximum absolute atomic E-state index is 13.1. The van der Waals surface area contributed by atoms with Crippen molar-refractivity contribution in [1.29, 1.82) is 0 Å². The highest BCUT2D eigenvalue weighted by molar-refractivity contribution is 5.42. The zero-order chi connectivity index (χ0) is 11.1. The van der Waals surface area contributed by atoms with E-state index in [1.54, 1.807) is 0 Å². The van der Waals surface area contributed by atoms with Crippen molar-refractivity contribution in [3.05, 3.63) is 34.9 Å². The zero-order valence-electron chi connectivity index (χ0n) is 8.18. The third-order valence-corrected chi connectivity index (χ3v) is 2.73. The number of carbonyl (C=O) groups excluding carboxylic acids is 1. The fraction of sp³-hybridized carbons (Fsp3) is 0.364. The van der Waals surface area contributed by atoms with Crippen LogP contribution in [0.2, 0.25) is 0 Å². The molecule has 1 fully saturated rings. The minimum atomic E-state index is -0.891. The van der Waals surface area contributed by atoms with Gasteiger partial charge in [0.1, 0.15) is 0 Å². The van der Waals surface area contributed by atoms with Gasteiger partial charge in [-0.2, -0.15) is 4.99 Å². The summed E-state index contributed by atoms with van der Waals surface area (Å²) >= 11 is 0. The normalized spacial score (nSPS) is 17.0. The van der Waals surface area contributed by atoms with Crippen molar-refractivity contribution < 1.29 is 13.6 Å². The maximum Gasteiger partial charge on any atom is 0.235 e. The molecule has 0 aromatic heterocycles. The standard InChI is InChI=1S/C11H9F2NO/c1-7-4-8(5-9(12)10(7)13)11(2-3-11)14-6-15/h4-5H,2-3H2,1H3. The van der Waals surface area contributed by atoms with Crippen LogP contribution in [0.5, 0.6) is 0 Å². The molecule has 15 heavy (non-hydrogen) atoms. The summed E-state index contributed by atoms with van der Waals surface area (Å²) in [7, 11) is 0. The second-order valence-electron chi connectivity index (χ2n) is 3.82. The van der Waals surface area contributed by atoms with Crippen molar-refractivity contribution in [2.24, 2.45) is 4.99 Å². The first-order valence-electron chi connectivity index (χ1n) is 4.64. The van der Waals surface area contributed by atoms with E-state index >= 15 is 0 Å². The third-order valence-electron chi connectivity index (χ3n) is 2.73.